The van der Waals surface area contributed by atoms with Crippen LogP contribution in [-0.2, 0) is 6.54 Å². The van der Waals surface area contributed by atoms with Crippen LogP contribution in [0.4, 0.5) is 0 Å². The molecule has 0 amide bonds. The van der Waals surface area contributed by atoms with Crippen molar-refractivity contribution in [2.24, 2.45) is 0 Å². The van der Waals surface area contributed by atoms with Crippen LogP contribution in [0.2, 0.25) is 0 Å². The molecular formula is C14H20N4O2S. The molecule has 0 aliphatic carbocycles. The van der Waals surface area contributed by atoms with Gasteiger partial charge in [0.05, 0.1) is 6.54 Å². The molecule has 1 aliphatic rings. The Morgan fingerprint density at radius 2 is 2.24 bits per heavy atom. The number of hydrogen-bond acceptors (Lipinski definition) is 7. The van der Waals surface area contributed by atoms with Gasteiger partial charge in [-0.3, -0.25) is 9.80 Å². The summed E-state index contributed by atoms with van der Waals surface area (Å²) >= 11 is 1.63. The number of nitrogens with zero attached hydrogens (tertiary/aromatic N) is 4. The quantitative estimate of drug-likeness (QED) is 0.802. The second kappa shape index (κ2) is 6.21. The smallest absolute Gasteiger partial charge is 0.245 e. The summed E-state index contributed by atoms with van der Waals surface area (Å²) in [6, 6.07) is 4.22. The van der Waals surface area contributed by atoms with Crippen LogP contribution in [0, 0.1) is 6.92 Å². The molecule has 1 aliphatic heterocycles. The number of aryl methyl sites for hydroxylation is 1. The maximum Gasteiger partial charge on any atom is 0.245 e. The molecule has 3 rings (SSSR count). The molecule has 3 heterocycles. The number of piperazine rings is 1. The summed E-state index contributed by atoms with van der Waals surface area (Å²) in [5, 5.41) is 4.86. The zero-order chi connectivity index (χ0) is 14.8. The Hall–Kier alpha value is -1.31. The van der Waals surface area contributed by atoms with Crippen molar-refractivity contribution in [2.45, 2.75) is 24.6 Å². The average Bonchev–Trinajstić information content (AvgIpc) is 3.10. The van der Waals surface area contributed by atoms with Gasteiger partial charge in [-0.2, -0.15) is 4.98 Å². The van der Waals surface area contributed by atoms with E-state index in [4.69, 9.17) is 8.94 Å². The van der Waals surface area contributed by atoms with Crippen LogP contribution in [0.15, 0.2) is 26.2 Å². The molecule has 0 saturated carbocycles. The molecule has 0 N–H and O–H groups in total. The van der Waals surface area contributed by atoms with E-state index in [1.165, 1.54) is 0 Å². The molecule has 0 radical (unpaired) electrons. The number of thioether (sulfide) groups is 1. The first-order valence-corrected chi connectivity index (χ1v) is 8.23. The molecule has 1 fully saturated rings. The third-order valence-corrected chi connectivity index (χ3v) is 4.40. The molecule has 6 nitrogen and oxygen atoms in total. The minimum atomic E-state index is 0.148. The van der Waals surface area contributed by atoms with E-state index in [0.717, 1.165) is 37.0 Å². The monoisotopic (exact) mass is 308 g/mol. The molecule has 7 heteroatoms. The number of furan rings is 1. The SMILES string of the molecule is CSc1ccc(CN2CCN(C)[C@@H](c3nc(C)no3)C2)o1. The Balaban J connectivity index is 1.67. The lowest BCUT2D eigenvalue weighted by Gasteiger charge is -2.37. The highest BCUT2D eigenvalue weighted by Gasteiger charge is 2.30. The molecule has 0 bridgehead atoms. The molecule has 114 valence electrons. The van der Waals surface area contributed by atoms with E-state index < -0.39 is 0 Å². The second-order valence-electron chi connectivity index (χ2n) is 5.34. The van der Waals surface area contributed by atoms with Crippen molar-refractivity contribution in [1.82, 2.24) is 19.9 Å². The van der Waals surface area contributed by atoms with Crippen LogP contribution in [0.5, 0.6) is 0 Å². The van der Waals surface area contributed by atoms with E-state index in [1.54, 1.807) is 11.8 Å². The number of rotatable bonds is 4. The van der Waals surface area contributed by atoms with E-state index in [-0.39, 0.29) is 6.04 Å². The summed E-state index contributed by atoms with van der Waals surface area (Å²) in [6.07, 6.45) is 2.02. The molecule has 0 spiro atoms. The molecule has 2 aromatic rings. The fourth-order valence-corrected chi connectivity index (χ4v) is 2.96. The highest BCUT2D eigenvalue weighted by molar-refractivity contribution is 7.98. The van der Waals surface area contributed by atoms with Crippen molar-refractivity contribution in [3.8, 4) is 0 Å². The fourth-order valence-electron chi connectivity index (χ4n) is 2.56. The van der Waals surface area contributed by atoms with Crippen molar-refractivity contribution in [2.75, 3.05) is 32.9 Å². The zero-order valence-electron chi connectivity index (χ0n) is 12.6. The number of likely N-dealkylation sites (N-methyl/N-ethyl adjacent to an activating group) is 1. The highest BCUT2D eigenvalue weighted by Crippen LogP contribution is 2.25. The molecule has 2 aromatic heterocycles. The van der Waals surface area contributed by atoms with Gasteiger partial charge in [-0.1, -0.05) is 16.9 Å². The lowest BCUT2D eigenvalue weighted by Crippen LogP contribution is -2.46. The maximum atomic E-state index is 5.76. The molecule has 0 unspecified atom stereocenters. The van der Waals surface area contributed by atoms with Crippen LogP contribution in [0.25, 0.3) is 0 Å². The summed E-state index contributed by atoms with van der Waals surface area (Å²) in [5.74, 6) is 2.39. The number of hydrogen-bond donors (Lipinski definition) is 0. The van der Waals surface area contributed by atoms with Gasteiger partial charge in [-0.05, 0) is 32.4 Å². The lowest BCUT2D eigenvalue weighted by molar-refractivity contribution is 0.0667. The van der Waals surface area contributed by atoms with Crippen LogP contribution in [0.3, 0.4) is 0 Å². The Morgan fingerprint density at radius 1 is 1.38 bits per heavy atom. The third-order valence-electron chi connectivity index (χ3n) is 3.78. The van der Waals surface area contributed by atoms with E-state index >= 15 is 0 Å². The van der Waals surface area contributed by atoms with E-state index in [1.807, 2.05) is 19.2 Å². The average molecular weight is 308 g/mol. The summed E-state index contributed by atoms with van der Waals surface area (Å²) in [7, 11) is 2.10. The van der Waals surface area contributed by atoms with E-state index in [0.29, 0.717) is 11.7 Å². The van der Waals surface area contributed by atoms with Gasteiger partial charge in [-0.25, -0.2) is 0 Å². The topological polar surface area (TPSA) is 58.5 Å². The van der Waals surface area contributed by atoms with Gasteiger partial charge in [0.1, 0.15) is 11.8 Å². The highest BCUT2D eigenvalue weighted by atomic mass is 32.2. The van der Waals surface area contributed by atoms with Gasteiger partial charge < -0.3 is 8.94 Å². The first kappa shape index (κ1) is 14.6. The summed E-state index contributed by atoms with van der Waals surface area (Å²) < 4.78 is 11.1. The fraction of sp³-hybridized carbons (Fsp3) is 0.571. The summed E-state index contributed by atoms with van der Waals surface area (Å²) in [4.78, 5) is 9.00. The predicted octanol–water partition coefficient (Wildman–Crippen LogP) is 2.18. The standard InChI is InChI=1S/C14H20N4O2S/c1-10-15-14(20-16-10)12-9-18(7-6-17(12)2)8-11-4-5-13(19-11)21-3/h4-5,12H,6-9H2,1-3H3/t12-/m1/s1. The minimum Gasteiger partial charge on any atom is -0.454 e. The Bertz CT molecular complexity index is 597. The Morgan fingerprint density at radius 3 is 2.90 bits per heavy atom. The zero-order valence-corrected chi connectivity index (χ0v) is 13.4. The van der Waals surface area contributed by atoms with Crippen molar-refractivity contribution >= 4 is 11.8 Å². The largest absolute Gasteiger partial charge is 0.454 e. The molecule has 0 aromatic carbocycles. The Kier molecular flexibility index (Phi) is 4.32. The van der Waals surface area contributed by atoms with Gasteiger partial charge in [0.25, 0.3) is 0 Å². The third kappa shape index (κ3) is 3.30. The van der Waals surface area contributed by atoms with Crippen LogP contribution < -0.4 is 0 Å². The first-order chi connectivity index (χ1) is 10.2. The van der Waals surface area contributed by atoms with Crippen molar-refractivity contribution in [3.05, 3.63) is 29.6 Å². The molecule has 1 saturated heterocycles. The van der Waals surface area contributed by atoms with E-state index in [2.05, 4.69) is 33.1 Å². The van der Waals surface area contributed by atoms with E-state index in [9.17, 15) is 0 Å². The number of aromatic nitrogens is 2. The van der Waals surface area contributed by atoms with Crippen LogP contribution in [0.1, 0.15) is 23.5 Å². The van der Waals surface area contributed by atoms with Gasteiger partial charge in [-0.15, -0.1) is 0 Å². The van der Waals surface area contributed by atoms with Crippen molar-refractivity contribution in [3.63, 3.8) is 0 Å². The lowest BCUT2D eigenvalue weighted by atomic mass is 10.1. The van der Waals surface area contributed by atoms with Gasteiger partial charge in [0.2, 0.25) is 5.89 Å². The first-order valence-electron chi connectivity index (χ1n) is 7.01. The maximum absolute atomic E-state index is 5.76. The Labute approximate surface area is 128 Å². The molecule has 1 atom stereocenters. The summed E-state index contributed by atoms with van der Waals surface area (Å²) in [6.45, 7) is 5.52. The predicted molar refractivity (Wildman–Crippen MR) is 80.2 cm³/mol. The van der Waals surface area contributed by atoms with Crippen molar-refractivity contribution in [1.29, 1.82) is 0 Å². The second-order valence-corrected chi connectivity index (χ2v) is 6.15. The van der Waals surface area contributed by atoms with Crippen LogP contribution >= 0.6 is 11.8 Å². The van der Waals surface area contributed by atoms with Gasteiger partial charge in [0.15, 0.2) is 10.9 Å². The van der Waals surface area contributed by atoms with Crippen LogP contribution in [-0.4, -0.2) is 52.9 Å². The van der Waals surface area contributed by atoms with Gasteiger partial charge in [0, 0.05) is 19.6 Å². The normalized spacial score (nSPS) is 21.0. The molecular weight excluding hydrogens is 288 g/mol. The minimum absolute atomic E-state index is 0.148. The molecule has 21 heavy (non-hydrogen) atoms. The van der Waals surface area contributed by atoms with Gasteiger partial charge >= 0.3 is 0 Å². The summed E-state index contributed by atoms with van der Waals surface area (Å²) in [5.41, 5.74) is 0. The van der Waals surface area contributed by atoms with Crippen molar-refractivity contribution < 1.29 is 8.94 Å².